The molecule has 0 aliphatic carbocycles. The lowest BCUT2D eigenvalue weighted by atomic mass is 10.1. The second kappa shape index (κ2) is 8.20. The van der Waals surface area contributed by atoms with Crippen LogP contribution in [0.5, 0.6) is 0 Å². The topological polar surface area (TPSA) is 48.8 Å². The van der Waals surface area contributed by atoms with E-state index in [1.807, 2.05) is 39.2 Å². The molecule has 0 radical (unpaired) electrons. The first-order valence-electron chi connectivity index (χ1n) is 8.53. The van der Waals surface area contributed by atoms with Crippen LogP contribution in [0.15, 0.2) is 24.5 Å². The SMILES string of the molecule is CC(c1cccnc1)N1CCN(CC(O)COC(C)(C)C)CC1. The minimum atomic E-state index is -0.420. The van der Waals surface area contributed by atoms with Crippen molar-refractivity contribution in [3.8, 4) is 0 Å². The van der Waals surface area contributed by atoms with Gasteiger partial charge in [0.15, 0.2) is 0 Å². The van der Waals surface area contributed by atoms with E-state index in [2.05, 4.69) is 27.8 Å². The van der Waals surface area contributed by atoms with Crippen LogP contribution in [-0.2, 0) is 4.74 Å². The van der Waals surface area contributed by atoms with Crippen molar-refractivity contribution in [1.82, 2.24) is 14.8 Å². The molecule has 1 saturated heterocycles. The van der Waals surface area contributed by atoms with Gasteiger partial charge < -0.3 is 9.84 Å². The van der Waals surface area contributed by atoms with Gasteiger partial charge in [0.1, 0.15) is 0 Å². The van der Waals surface area contributed by atoms with Gasteiger partial charge in [-0.2, -0.15) is 0 Å². The smallest absolute Gasteiger partial charge is 0.0900 e. The number of aromatic nitrogens is 1. The van der Waals surface area contributed by atoms with Gasteiger partial charge in [0.25, 0.3) is 0 Å². The van der Waals surface area contributed by atoms with Crippen LogP contribution in [0.4, 0.5) is 0 Å². The van der Waals surface area contributed by atoms with Crippen LogP contribution in [0.3, 0.4) is 0 Å². The summed E-state index contributed by atoms with van der Waals surface area (Å²) in [5.74, 6) is 0. The molecule has 1 aromatic rings. The van der Waals surface area contributed by atoms with E-state index in [9.17, 15) is 5.11 Å². The lowest BCUT2D eigenvalue weighted by molar-refractivity contribution is -0.0592. The summed E-state index contributed by atoms with van der Waals surface area (Å²) in [6.07, 6.45) is 3.34. The Bertz CT molecular complexity index is 453. The molecule has 1 fully saturated rings. The molecule has 0 bridgehead atoms. The summed E-state index contributed by atoms with van der Waals surface area (Å²) in [7, 11) is 0. The quantitative estimate of drug-likeness (QED) is 0.868. The Morgan fingerprint density at radius 3 is 2.52 bits per heavy atom. The number of piperazine rings is 1. The average Bonchev–Trinajstić information content (AvgIpc) is 2.53. The molecule has 130 valence electrons. The van der Waals surface area contributed by atoms with E-state index in [1.165, 1.54) is 5.56 Å². The number of hydrogen-bond acceptors (Lipinski definition) is 5. The number of aliphatic hydroxyl groups is 1. The molecule has 2 unspecified atom stereocenters. The molecule has 2 heterocycles. The molecule has 23 heavy (non-hydrogen) atoms. The minimum Gasteiger partial charge on any atom is -0.389 e. The Hall–Kier alpha value is -1.01. The van der Waals surface area contributed by atoms with Gasteiger partial charge in [0.2, 0.25) is 0 Å². The van der Waals surface area contributed by atoms with Gasteiger partial charge in [-0.3, -0.25) is 14.8 Å². The van der Waals surface area contributed by atoms with Crippen LogP contribution in [0, 0.1) is 0 Å². The molecule has 1 aromatic heterocycles. The minimum absolute atomic E-state index is 0.196. The van der Waals surface area contributed by atoms with Gasteiger partial charge >= 0.3 is 0 Å². The van der Waals surface area contributed by atoms with E-state index in [4.69, 9.17) is 4.74 Å². The summed E-state index contributed by atoms with van der Waals surface area (Å²) in [4.78, 5) is 9.01. The average molecular weight is 321 g/mol. The fourth-order valence-electron chi connectivity index (χ4n) is 2.86. The van der Waals surface area contributed by atoms with Crippen molar-refractivity contribution in [2.24, 2.45) is 0 Å². The van der Waals surface area contributed by atoms with E-state index in [1.54, 1.807) is 0 Å². The monoisotopic (exact) mass is 321 g/mol. The van der Waals surface area contributed by atoms with Crippen molar-refractivity contribution in [3.05, 3.63) is 30.1 Å². The lowest BCUT2D eigenvalue weighted by Crippen LogP contribution is -2.49. The van der Waals surface area contributed by atoms with Crippen LogP contribution in [0.25, 0.3) is 0 Å². The van der Waals surface area contributed by atoms with Crippen LogP contribution < -0.4 is 0 Å². The second-order valence-corrected chi connectivity index (χ2v) is 7.38. The third kappa shape index (κ3) is 6.18. The highest BCUT2D eigenvalue weighted by Crippen LogP contribution is 2.20. The van der Waals surface area contributed by atoms with Gasteiger partial charge in [-0.05, 0) is 39.3 Å². The Kier molecular flexibility index (Phi) is 6.53. The molecular formula is C18H31N3O2. The summed E-state index contributed by atoms with van der Waals surface area (Å²) >= 11 is 0. The van der Waals surface area contributed by atoms with Crippen molar-refractivity contribution in [2.45, 2.75) is 45.4 Å². The molecule has 0 amide bonds. The summed E-state index contributed by atoms with van der Waals surface area (Å²) in [5.41, 5.74) is 1.07. The summed E-state index contributed by atoms with van der Waals surface area (Å²) in [6, 6.07) is 4.52. The van der Waals surface area contributed by atoms with Crippen molar-refractivity contribution in [3.63, 3.8) is 0 Å². The molecule has 5 heteroatoms. The second-order valence-electron chi connectivity index (χ2n) is 7.38. The zero-order chi connectivity index (χ0) is 16.9. The number of hydrogen-bond donors (Lipinski definition) is 1. The van der Waals surface area contributed by atoms with E-state index >= 15 is 0 Å². The van der Waals surface area contributed by atoms with Crippen molar-refractivity contribution in [2.75, 3.05) is 39.3 Å². The predicted octanol–water partition coefficient (Wildman–Crippen LogP) is 1.94. The zero-order valence-corrected chi connectivity index (χ0v) is 14.9. The zero-order valence-electron chi connectivity index (χ0n) is 14.9. The van der Waals surface area contributed by atoms with Crippen molar-refractivity contribution in [1.29, 1.82) is 0 Å². The maximum Gasteiger partial charge on any atom is 0.0900 e. The maximum absolute atomic E-state index is 10.1. The molecule has 2 rings (SSSR count). The van der Waals surface area contributed by atoms with Crippen molar-refractivity contribution < 1.29 is 9.84 Å². The Balaban J connectivity index is 1.73. The Morgan fingerprint density at radius 2 is 1.96 bits per heavy atom. The van der Waals surface area contributed by atoms with Gasteiger partial charge in [0.05, 0.1) is 18.3 Å². The normalized spacial score (nSPS) is 20.4. The Morgan fingerprint density at radius 1 is 1.26 bits per heavy atom. The van der Waals surface area contributed by atoms with E-state index in [0.29, 0.717) is 19.2 Å². The predicted molar refractivity (Wildman–Crippen MR) is 92.4 cm³/mol. The number of pyridine rings is 1. The number of β-amino-alcohol motifs (C(OH)–C–C–N with tert-alkyl or cyclic N) is 1. The van der Waals surface area contributed by atoms with Crippen molar-refractivity contribution >= 4 is 0 Å². The van der Waals surface area contributed by atoms with Gasteiger partial charge in [0, 0.05) is 51.2 Å². The highest BCUT2D eigenvalue weighted by atomic mass is 16.5. The fourth-order valence-corrected chi connectivity index (χ4v) is 2.86. The highest BCUT2D eigenvalue weighted by molar-refractivity contribution is 5.13. The molecule has 1 aliphatic heterocycles. The van der Waals surface area contributed by atoms with Crippen LogP contribution >= 0.6 is 0 Å². The number of nitrogens with zero attached hydrogens (tertiary/aromatic N) is 3. The fraction of sp³-hybridized carbons (Fsp3) is 0.722. The van der Waals surface area contributed by atoms with Gasteiger partial charge in [-0.25, -0.2) is 0 Å². The third-order valence-corrected chi connectivity index (χ3v) is 4.30. The molecule has 1 aliphatic rings. The largest absolute Gasteiger partial charge is 0.389 e. The van der Waals surface area contributed by atoms with E-state index in [-0.39, 0.29) is 5.60 Å². The van der Waals surface area contributed by atoms with Gasteiger partial charge in [-0.1, -0.05) is 6.07 Å². The first-order chi connectivity index (χ1) is 10.8. The first kappa shape index (κ1) is 18.3. The molecule has 0 spiro atoms. The maximum atomic E-state index is 10.1. The number of rotatable bonds is 6. The number of ether oxygens (including phenoxy) is 1. The van der Waals surface area contributed by atoms with Crippen LogP contribution in [0.2, 0.25) is 0 Å². The first-order valence-corrected chi connectivity index (χ1v) is 8.53. The lowest BCUT2D eigenvalue weighted by Gasteiger charge is -2.38. The molecule has 0 saturated carbocycles. The standard InChI is InChI=1S/C18H31N3O2/c1-15(16-6-5-7-19-12-16)21-10-8-20(9-11-21)13-17(22)14-23-18(2,3)4/h5-7,12,15,17,22H,8-11,13-14H2,1-4H3. The number of aliphatic hydroxyl groups excluding tert-OH is 1. The molecular weight excluding hydrogens is 290 g/mol. The molecule has 1 N–H and O–H groups in total. The Labute approximate surface area is 140 Å². The molecule has 0 aromatic carbocycles. The summed E-state index contributed by atoms with van der Waals surface area (Å²) in [5, 5.41) is 10.1. The molecule has 2 atom stereocenters. The summed E-state index contributed by atoms with van der Waals surface area (Å²) in [6.45, 7) is 13.4. The van der Waals surface area contributed by atoms with E-state index < -0.39 is 6.10 Å². The third-order valence-electron chi connectivity index (χ3n) is 4.30. The van der Waals surface area contributed by atoms with Gasteiger partial charge in [-0.15, -0.1) is 0 Å². The van der Waals surface area contributed by atoms with Crippen LogP contribution in [-0.4, -0.2) is 70.9 Å². The van der Waals surface area contributed by atoms with Crippen LogP contribution in [0.1, 0.15) is 39.3 Å². The van der Waals surface area contributed by atoms with E-state index in [0.717, 1.165) is 26.2 Å². The highest BCUT2D eigenvalue weighted by Gasteiger charge is 2.24. The summed E-state index contributed by atoms with van der Waals surface area (Å²) < 4.78 is 5.66. The molecule has 5 nitrogen and oxygen atoms in total.